The van der Waals surface area contributed by atoms with Crippen molar-refractivity contribution in [2.24, 2.45) is 0 Å². The van der Waals surface area contributed by atoms with E-state index in [4.69, 9.17) is 0 Å². The molecule has 0 aliphatic rings. The molecule has 1 amide bonds. The highest BCUT2D eigenvalue weighted by Gasteiger charge is 2.25. The minimum Gasteiger partial charge on any atom is -0.319 e. The Labute approximate surface area is 152 Å². The Hall–Kier alpha value is -3.21. The summed E-state index contributed by atoms with van der Waals surface area (Å²) in [5, 5.41) is 7.10. The molecule has 0 saturated carbocycles. The first-order chi connectivity index (χ1) is 12.5. The molecule has 0 unspecified atom stereocenters. The van der Waals surface area contributed by atoms with Gasteiger partial charge in [-0.25, -0.2) is 4.68 Å². The molecule has 5 heteroatoms. The molecule has 3 rings (SSSR count). The molecule has 0 fully saturated rings. The molecule has 0 atom stereocenters. The third-order valence-electron chi connectivity index (χ3n) is 4.35. The Morgan fingerprint density at radius 2 is 1.65 bits per heavy atom. The number of rotatable bonds is 5. The Balaban J connectivity index is 1.85. The van der Waals surface area contributed by atoms with E-state index in [1.165, 1.54) is 5.56 Å². The van der Waals surface area contributed by atoms with Crippen LogP contribution >= 0.6 is 0 Å². The maximum absolute atomic E-state index is 12.7. The topological polar surface area (TPSA) is 64.0 Å². The maximum Gasteiger partial charge on any atom is 0.296 e. The molecular weight excluding hydrogens is 326 g/mol. The molecule has 2 aromatic carbocycles. The van der Waals surface area contributed by atoms with Gasteiger partial charge >= 0.3 is 0 Å². The molecule has 132 valence electrons. The first-order valence-corrected chi connectivity index (χ1v) is 8.57. The highest BCUT2D eigenvalue weighted by molar-refractivity contribution is 6.47. The second kappa shape index (κ2) is 7.35. The van der Waals surface area contributed by atoms with E-state index in [0.717, 1.165) is 12.1 Å². The van der Waals surface area contributed by atoms with Gasteiger partial charge in [0, 0.05) is 5.69 Å². The van der Waals surface area contributed by atoms with Crippen molar-refractivity contribution in [3.05, 3.63) is 77.1 Å². The fraction of sp³-hybridized carbons (Fsp3) is 0.190. The van der Waals surface area contributed by atoms with Gasteiger partial charge in [0.05, 0.1) is 22.6 Å². The largest absolute Gasteiger partial charge is 0.319 e. The van der Waals surface area contributed by atoms with E-state index in [0.29, 0.717) is 22.6 Å². The van der Waals surface area contributed by atoms with Crippen LogP contribution in [0.25, 0.3) is 5.69 Å². The number of nitrogens with one attached hydrogen (secondary N) is 1. The maximum atomic E-state index is 12.7. The number of anilines is 1. The lowest BCUT2D eigenvalue weighted by Crippen LogP contribution is -2.24. The van der Waals surface area contributed by atoms with Crippen molar-refractivity contribution >= 4 is 17.4 Å². The van der Waals surface area contributed by atoms with Crippen LogP contribution in [0.2, 0.25) is 0 Å². The predicted octanol–water partition coefficient (Wildman–Crippen LogP) is 3.87. The van der Waals surface area contributed by atoms with Crippen molar-refractivity contribution in [2.45, 2.75) is 27.2 Å². The fourth-order valence-electron chi connectivity index (χ4n) is 2.92. The lowest BCUT2D eigenvalue weighted by molar-refractivity contribution is -0.112. The number of nitrogens with zero attached hydrogens (tertiary/aromatic N) is 2. The van der Waals surface area contributed by atoms with Gasteiger partial charge in [-0.2, -0.15) is 5.10 Å². The van der Waals surface area contributed by atoms with Gasteiger partial charge in [-0.05, 0) is 50.1 Å². The molecule has 1 N–H and O–H groups in total. The highest BCUT2D eigenvalue weighted by Crippen LogP contribution is 2.19. The summed E-state index contributed by atoms with van der Waals surface area (Å²) in [4.78, 5) is 25.1. The molecule has 1 aromatic heterocycles. The molecule has 3 aromatic rings. The van der Waals surface area contributed by atoms with Crippen molar-refractivity contribution < 1.29 is 9.59 Å². The monoisotopic (exact) mass is 347 g/mol. The zero-order chi connectivity index (χ0) is 18.7. The van der Waals surface area contributed by atoms with E-state index in [9.17, 15) is 9.59 Å². The quantitative estimate of drug-likeness (QED) is 0.563. The van der Waals surface area contributed by atoms with Crippen LogP contribution in [-0.4, -0.2) is 21.5 Å². The number of Topliss-reactive ketones (excluding diaryl/α,β-unsaturated/α-hetero) is 1. The van der Waals surface area contributed by atoms with E-state index in [-0.39, 0.29) is 0 Å². The molecule has 26 heavy (non-hydrogen) atoms. The van der Waals surface area contributed by atoms with Gasteiger partial charge in [0.25, 0.3) is 11.7 Å². The Morgan fingerprint density at radius 1 is 1.00 bits per heavy atom. The van der Waals surface area contributed by atoms with Crippen LogP contribution in [0.15, 0.2) is 54.6 Å². The number of carbonyl (C=O) groups excluding carboxylic acids is 2. The van der Waals surface area contributed by atoms with Crippen LogP contribution in [0.3, 0.4) is 0 Å². The fourth-order valence-corrected chi connectivity index (χ4v) is 2.92. The first-order valence-electron chi connectivity index (χ1n) is 8.57. The van der Waals surface area contributed by atoms with Gasteiger partial charge in [0.15, 0.2) is 0 Å². The third-order valence-corrected chi connectivity index (χ3v) is 4.35. The zero-order valence-corrected chi connectivity index (χ0v) is 15.1. The number of hydrogen-bond donors (Lipinski definition) is 1. The second-order valence-corrected chi connectivity index (χ2v) is 6.13. The minimum absolute atomic E-state index is 0.344. The van der Waals surface area contributed by atoms with E-state index < -0.39 is 11.7 Å². The molecule has 0 saturated heterocycles. The van der Waals surface area contributed by atoms with Crippen LogP contribution in [0, 0.1) is 13.8 Å². The summed E-state index contributed by atoms with van der Waals surface area (Å²) >= 11 is 0. The average molecular weight is 347 g/mol. The van der Waals surface area contributed by atoms with Crippen molar-refractivity contribution in [1.82, 2.24) is 9.78 Å². The number of aryl methyl sites for hydroxylation is 2. The molecule has 0 bridgehead atoms. The van der Waals surface area contributed by atoms with Crippen molar-refractivity contribution in [1.29, 1.82) is 0 Å². The average Bonchev–Trinajstić information content (AvgIpc) is 2.96. The Morgan fingerprint density at radius 3 is 2.27 bits per heavy atom. The molecule has 0 radical (unpaired) electrons. The summed E-state index contributed by atoms with van der Waals surface area (Å²) in [5.74, 6) is -1.24. The number of ketones is 1. The van der Waals surface area contributed by atoms with Gasteiger partial charge < -0.3 is 5.32 Å². The highest BCUT2D eigenvalue weighted by atomic mass is 16.2. The lowest BCUT2D eigenvalue weighted by atomic mass is 10.1. The van der Waals surface area contributed by atoms with E-state index in [2.05, 4.69) is 17.3 Å². The van der Waals surface area contributed by atoms with Crippen LogP contribution in [0.1, 0.15) is 34.2 Å². The smallest absolute Gasteiger partial charge is 0.296 e. The number of amides is 1. The third kappa shape index (κ3) is 3.42. The van der Waals surface area contributed by atoms with Gasteiger partial charge in [-0.3, -0.25) is 9.59 Å². The summed E-state index contributed by atoms with van der Waals surface area (Å²) in [5.41, 5.74) is 4.15. The molecule has 1 heterocycles. The number of aromatic nitrogens is 2. The van der Waals surface area contributed by atoms with E-state index in [1.807, 2.05) is 42.5 Å². The second-order valence-electron chi connectivity index (χ2n) is 6.13. The predicted molar refractivity (Wildman–Crippen MR) is 102 cm³/mol. The Bertz CT molecular complexity index is 941. The minimum atomic E-state index is -0.659. The standard InChI is InChI=1S/C21H21N3O2/c1-4-16-10-12-17(13-11-16)22-21(26)20(25)19-14(2)23-24(15(19)3)18-8-6-5-7-9-18/h5-13H,4H2,1-3H3,(H,22,26). The van der Waals surface area contributed by atoms with Crippen LogP contribution < -0.4 is 5.32 Å². The normalized spacial score (nSPS) is 10.6. The van der Waals surface area contributed by atoms with Gasteiger partial charge in [0.2, 0.25) is 0 Å². The van der Waals surface area contributed by atoms with Crippen LogP contribution in [0.5, 0.6) is 0 Å². The van der Waals surface area contributed by atoms with Gasteiger partial charge in [-0.1, -0.05) is 37.3 Å². The van der Waals surface area contributed by atoms with E-state index in [1.54, 1.807) is 30.7 Å². The van der Waals surface area contributed by atoms with Crippen LogP contribution in [-0.2, 0) is 11.2 Å². The SMILES string of the molecule is CCc1ccc(NC(=O)C(=O)c2c(C)nn(-c3ccccc3)c2C)cc1. The lowest BCUT2D eigenvalue weighted by Gasteiger charge is -2.07. The Kier molecular flexibility index (Phi) is 4.98. The first kappa shape index (κ1) is 17.6. The molecule has 0 spiro atoms. The summed E-state index contributed by atoms with van der Waals surface area (Å²) in [6, 6.07) is 17.0. The van der Waals surface area contributed by atoms with Crippen LogP contribution in [0.4, 0.5) is 5.69 Å². The van der Waals surface area contributed by atoms with Gasteiger partial charge in [-0.15, -0.1) is 0 Å². The molecule has 0 aliphatic heterocycles. The molecule has 0 aliphatic carbocycles. The summed E-state index contributed by atoms with van der Waals surface area (Å²) < 4.78 is 1.69. The van der Waals surface area contributed by atoms with Gasteiger partial charge in [0.1, 0.15) is 0 Å². The number of benzene rings is 2. The van der Waals surface area contributed by atoms with Crippen molar-refractivity contribution in [3.63, 3.8) is 0 Å². The zero-order valence-electron chi connectivity index (χ0n) is 15.1. The van der Waals surface area contributed by atoms with Crippen molar-refractivity contribution in [3.8, 4) is 5.69 Å². The summed E-state index contributed by atoms with van der Waals surface area (Å²) in [6.45, 7) is 5.60. The molecule has 5 nitrogen and oxygen atoms in total. The molecular formula is C21H21N3O2. The van der Waals surface area contributed by atoms with Crippen molar-refractivity contribution in [2.75, 3.05) is 5.32 Å². The number of carbonyl (C=O) groups is 2. The summed E-state index contributed by atoms with van der Waals surface area (Å²) in [7, 11) is 0. The van der Waals surface area contributed by atoms with E-state index >= 15 is 0 Å². The number of hydrogen-bond acceptors (Lipinski definition) is 3. The number of para-hydroxylation sites is 1. The summed E-state index contributed by atoms with van der Waals surface area (Å²) in [6.07, 6.45) is 0.921.